The SMILES string of the molecule is CC1CCOC1C(=O)Nc1ccc2c(c1)CNCC2. The van der Waals surface area contributed by atoms with Crippen molar-refractivity contribution in [2.75, 3.05) is 18.5 Å². The number of amides is 1. The molecule has 4 heteroatoms. The van der Waals surface area contributed by atoms with Gasteiger partial charge in [0.25, 0.3) is 5.91 Å². The standard InChI is InChI=1S/C15H20N2O2/c1-10-5-7-19-14(10)15(18)17-13-3-2-11-4-6-16-9-12(11)8-13/h2-3,8,10,14,16H,4-7,9H2,1H3,(H,17,18). The second kappa shape index (κ2) is 5.31. The first-order valence-electron chi connectivity index (χ1n) is 6.99. The molecule has 1 aromatic rings. The Balaban J connectivity index is 1.71. The molecule has 1 fully saturated rings. The highest BCUT2D eigenvalue weighted by atomic mass is 16.5. The van der Waals surface area contributed by atoms with Crippen molar-refractivity contribution >= 4 is 11.6 Å². The van der Waals surface area contributed by atoms with Gasteiger partial charge in [-0.2, -0.15) is 0 Å². The monoisotopic (exact) mass is 260 g/mol. The van der Waals surface area contributed by atoms with E-state index in [2.05, 4.69) is 29.7 Å². The van der Waals surface area contributed by atoms with E-state index < -0.39 is 0 Å². The first-order valence-corrected chi connectivity index (χ1v) is 6.99. The zero-order valence-corrected chi connectivity index (χ0v) is 11.2. The van der Waals surface area contributed by atoms with Crippen LogP contribution in [0.25, 0.3) is 0 Å². The van der Waals surface area contributed by atoms with E-state index in [0.29, 0.717) is 12.5 Å². The second-order valence-electron chi connectivity index (χ2n) is 5.46. The summed E-state index contributed by atoms with van der Waals surface area (Å²) in [7, 11) is 0. The van der Waals surface area contributed by atoms with Crippen molar-refractivity contribution in [2.24, 2.45) is 5.92 Å². The first kappa shape index (κ1) is 12.6. The number of ether oxygens (including phenoxy) is 1. The Labute approximate surface area is 113 Å². The molecule has 4 nitrogen and oxygen atoms in total. The van der Waals surface area contributed by atoms with Crippen LogP contribution in [0.3, 0.4) is 0 Å². The van der Waals surface area contributed by atoms with Crippen molar-refractivity contribution in [3.63, 3.8) is 0 Å². The summed E-state index contributed by atoms with van der Waals surface area (Å²) in [6, 6.07) is 6.17. The quantitative estimate of drug-likeness (QED) is 0.851. The zero-order chi connectivity index (χ0) is 13.2. The molecule has 2 unspecified atom stereocenters. The van der Waals surface area contributed by atoms with Gasteiger partial charge in [-0.3, -0.25) is 4.79 Å². The lowest BCUT2D eigenvalue weighted by atomic mass is 10.00. The smallest absolute Gasteiger partial charge is 0.253 e. The van der Waals surface area contributed by atoms with Crippen LogP contribution in [0, 0.1) is 5.92 Å². The lowest BCUT2D eigenvalue weighted by Gasteiger charge is -2.19. The Morgan fingerprint density at radius 1 is 1.42 bits per heavy atom. The van der Waals surface area contributed by atoms with E-state index in [4.69, 9.17) is 4.74 Å². The predicted octanol–water partition coefficient (Wildman–Crippen LogP) is 1.70. The number of anilines is 1. The maximum Gasteiger partial charge on any atom is 0.253 e. The molecule has 2 aliphatic heterocycles. The van der Waals surface area contributed by atoms with E-state index in [1.807, 2.05) is 6.07 Å². The summed E-state index contributed by atoms with van der Waals surface area (Å²) in [4.78, 5) is 12.1. The van der Waals surface area contributed by atoms with Crippen LogP contribution in [0.15, 0.2) is 18.2 Å². The summed E-state index contributed by atoms with van der Waals surface area (Å²) in [5.41, 5.74) is 3.53. The fourth-order valence-corrected chi connectivity index (χ4v) is 2.80. The first-order chi connectivity index (χ1) is 9.24. The molecule has 0 spiro atoms. The topological polar surface area (TPSA) is 50.4 Å². The zero-order valence-electron chi connectivity index (χ0n) is 11.2. The van der Waals surface area contributed by atoms with E-state index in [1.54, 1.807) is 0 Å². The molecule has 0 aliphatic carbocycles. The molecule has 1 amide bonds. The average Bonchev–Trinajstić information content (AvgIpc) is 2.85. The fourth-order valence-electron chi connectivity index (χ4n) is 2.80. The molecular formula is C15H20N2O2. The van der Waals surface area contributed by atoms with E-state index in [0.717, 1.165) is 31.6 Å². The summed E-state index contributed by atoms with van der Waals surface area (Å²) < 4.78 is 5.49. The molecule has 19 heavy (non-hydrogen) atoms. The summed E-state index contributed by atoms with van der Waals surface area (Å²) in [6.07, 6.45) is 1.73. The molecular weight excluding hydrogens is 240 g/mol. The number of fused-ring (bicyclic) bond motifs is 1. The van der Waals surface area contributed by atoms with Crippen LogP contribution in [0.4, 0.5) is 5.69 Å². The van der Waals surface area contributed by atoms with E-state index >= 15 is 0 Å². The number of carbonyl (C=O) groups excluding carboxylic acids is 1. The molecule has 0 radical (unpaired) electrons. The van der Waals surface area contributed by atoms with Crippen molar-refractivity contribution in [2.45, 2.75) is 32.4 Å². The maximum absolute atomic E-state index is 12.1. The molecule has 1 aromatic carbocycles. The van der Waals surface area contributed by atoms with Crippen molar-refractivity contribution in [3.05, 3.63) is 29.3 Å². The molecule has 0 saturated carbocycles. The molecule has 0 aromatic heterocycles. The number of benzene rings is 1. The highest BCUT2D eigenvalue weighted by molar-refractivity contribution is 5.94. The van der Waals surface area contributed by atoms with Crippen molar-refractivity contribution in [1.82, 2.24) is 5.32 Å². The van der Waals surface area contributed by atoms with Crippen LogP contribution in [0.2, 0.25) is 0 Å². The van der Waals surface area contributed by atoms with Crippen LogP contribution >= 0.6 is 0 Å². The third-order valence-corrected chi connectivity index (χ3v) is 4.01. The van der Waals surface area contributed by atoms with Crippen molar-refractivity contribution in [1.29, 1.82) is 0 Å². The molecule has 2 N–H and O–H groups in total. The molecule has 2 atom stereocenters. The minimum atomic E-state index is -0.297. The Hall–Kier alpha value is -1.39. The number of nitrogens with one attached hydrogen (secondary N) is 2. The molecule has 0 bridgehead atoms. The third-order valence-electron chi connectivity index (χ3n) is 4.01. The normalized spacial score (nSPS) is 25.9. The van der Waals surface area contributed by atoms with Gasteiger partial charge in [0.2, 0.25) is 0 Å². The van der Waals surface area contributed by atoms with Gasteiger partial charge in [-0.25, -0.2) is 0 Å². The van der Waals surface area contributed by atoms with Gasteiger partial charge in [0, 0.05) is 18.8 Å². The number of hydrogen-bond donors (Lipinski definition) is 2. The second-order valence-corrected chi connectivity index (χ2v) is 5.46. The lowest BCUT2D eigenvalue weighted by Crippen LogP contribution is -2.31. The van der Waals surface area contributed by atoms with Gasteiger partial charge in [-0.1, -0.05) is 13.0 Å². The van der Waals surface area contributed by atoms with Gasteiger partial charge in [-0.15, -0.1) is 0 Å². The summed E-state index contributed by atoms with van der Waals surface area (Å²) in [5, 5.41) is 6.32. The molecule has 102 valence electrons. The fraction of sp³-hybridized carbons (Fsp3) is 0.533. The highest BCUT2D eigenvalue weighted by Gasteiger charge is 2.30. The van der Waals surface area contributed by atoms with E-state index in [9.17, 15) is 4.79 Å². The van der Waals surface area contributed by atoms with Gasteiger partial charge >= 0.3 is 0 Å². The molecule has 2 heterocycles. The van der Waals surface area contributed by atoms with Crippen LogP contribution in [0.1, 0.15) is 24.5 Å². The van der Waals surface area contributed by atoms with E-state index in [1.165, 1.54) is 11.1 Å². The number of rotatable bonds is 2. The lowest BCUT2D eigenvalue weighted by molar-refractivity contribution is -0.126. The van der Waals surface area contributed by atoms with Gasteiger partial charge in [0.1, 0.15) is 6.10 Å². The van der Waals surface area contributed by atoms with Gasteiger partial charge < -0.3 is 15.4 Å². The third kappa shape index (κ3) is 2.65. The predicted molar refractivity (Wildman–Crippen MR) is 74.0 cm³/mol. The highest BCUT2D eigenvalue weighted by Crippen LogP contribution is 2.23. The minimum Gasteiger partial charge on any atom is -0.368 e. The largest absolute Gasteiger partial charge is 0.368 e. The van der Waals surface area contributed by atoms with Gasteiger partial charge in [-0.05, 0) is 48.6 Å². The van der Waals surface area contributed by atoms with Crippen LogP contribution in [-0.4, -0.2) is 25.2 Å². The van der Waals surface area contributed by atoms with Crippen molar-refractivity contribution < 1.29 is 9.53 Å². The Morgan fingerprint density at radius 2 is 2.32 bits per heavy atom. The average molecular weight is 260 g/mol. The molecule has 2 aliphatic rings. The Morgan fingerprint density at radius 3 is 3.11 bits per heavy atom. The van der Waals surface area contributed by atoms with Gasteiger partial charge in [0.15, 0.2) is 0 Å². The number of hydrogen-bond acceptors (Lipinski definition) is 3. The van der Waals surface area contributed by atoms with Gasteiger partial charge in [0.05, 0.1) is 0 Å². The summed E-state index contributed by atoms with van der Waals surface area (Å²) in [6.45, 7) is 4.67. The van der Waals surface area contributed by atoms with Crippen molar-refractivity contribution in [3.8, 4) is 0 Å². The minimum absolute atomic E-state index is 0.0197. The maximum atomic E-state index is 12.1. The molecule has 1 saturated heterocycles. The summed E-state index contributed by atoms with van der Waals surface area (Å²) >= 11 is 0. The van der Waals surface area contributed by atoms with Crippen LogP contribution in [0.5, 0.6) is 0 Å². The Bertz CT molecular complexity index is 487. The Kier molecular flexibility index (Phi) is 3.53. The number of carbonyl (C=O) groups is 1. The van der Waals surface area contributed by atoms with E-state index in [-0.39, 0.29) is 12.0 Å². The van der Waals surface area contributed by atoms with Crippen LogP contribution < -0.4 is 10.6 Å². The molecule has 3 rings (SSSR count). The summed E-state index contributed by atoms with van der Waals surface area (Å²) in [5.74, 6) is 0.285. The van der Waals surface area contributed by atoms with Crippen LogP contribution in [-0.2, 0) is 22.5 Å².